The van der Waals surface area contributed by atoms with Crippen LogP contribution >= 0.6 is 0 Å². The molecule has 0 aromatic heterocycles. The number of carbonyl (C=O) groups excluding carboxylic acids is 3. The first-order chi connectivity index (χ1) is 14.4. The van der Waals surface area contributed by atoms with Crippen LogP contribution in [0.1, 0.15) is 24.0 Å². The zero-order valence-corrected chi connectivity index (χ0v) is 17.8. The summed E-state index contributed by atoms with van der Waals surface area (Å²) >= 11 is 0. The third-order valence-corrected chi connectivity index (χ3v) is 6.52. The first kappa shape index (κ1) is 20.8. The van der Waals surface area contributed by atoms with Crippen LogP contribution in [0.3, 0.4) is 0 Å². The summed E-state index contributed by atoms with van der Waals surface area (Å²) in [5.74, 6) is -0.397. The average molecular weight is 411 g/mol. The number of hydrogen-bond acceptors (Lipinski definition) is 5. The molecule has 160 valence electrons. The minimum absolute atomic E-state index is 0.0117. The second-order valence-corrected chi connectivity index (χ2v) is 8.61. The number of rotatable bonds is 5. The zero-order chi connectivity index (χ0) is 21.3. The zero-order valence-electron chi connectivity index (χ0n) is 17.8. The van der Waals surface area contributed by atoms with Crippen molar-refractivity contribution in [3.05, 3.63) is 41.5 Å². The summed E-state index contributed by atoms with van der Waals surface area (Å²) in [7, 11) is 0. The number of imide groups is 1. The van der Waals surface area contributed by atoms with Crippen molar-refractivity contribution < 1.29 is 14.4 Å². The number of nitrogens with zero attached hydrogens (tertiary/aromatic N) is 3. The maximum Gasteiger partial charge on any atom is 0.238 e. The van der Waals surface area contributed by atoms with Crippen molar-refractivity contribution in [2.45, 2.75) is 26.7 Å². The van der Waals surface area contributed by atoms with Gasteiger partial charge in [-0.1, -0.05) is 30.4 Å². The maximum absolute atomic E-state index is 12.6. The molecule has 0 unspecified atom stereocenters. The van der Waals surface area contributed by atoms with E-state index in [0.29, 0.717) is 26.1 Å². The Balaban J connectivity index is 1.26. The summed E-state index contributed by atoms with van der Waals surface area (Å²) in [4.78, 5) is 43.5. The van der Waals surface area contributed by atoms with Crippen molar-refractivity contribution in [2.75, 3.05) is 44.7 Å². The van der Waals surface area contributed by atoms with Crippen molar-refractivity contribution in [2.24, 2.45) is 11.8 Å². The van der Waals surface area contributed by atoms with E-state index in [1.54, 1.807) is 0 Å². The monoisotopic (exact) mass is 410 g/mol. The van der Waals surface area contributed by atoms with Crippen LogP contribution in [0.15, 0.2) is 30.4 Å². The molecule has 2 aliphatic heterocycles. The molecular weight excluding hydrogens is 380 g/mol. The Labute approximate surface area is 177 Å². The van der Waals surface area contributed by atoms with Gasteiger partial charge < -0.3 is 5.32 Å². The van der Waals surface area contributed by atoms with Crippen LogP contribution in [0.4, 0.5) is 5.69 Å². The Kier molecular flexibility index (Phi) is 6.01. The molecule has 30 heavy (non-hydrogen) atoms. The van der Waals surface area contributed by atoms with E-state index in [2.05, 4.69) is 15.1 Å². The second-order valence-electron chi connectivity index (χ2n) is 8.61. The smallest absolute Gasteiger partial charge is 0.238 e. The van der Waals surface area contributed by atoms with E-state index in [1.165, 1.54) is 4.90 Å². The Bertz CT molecular complexity index is 827. The third kappa shape index (κ3) is 4.18. The molecule has 2 saturated heterocycles. The quantitative estimate of drug-likeness (QED) is 0.592. The average Bonchev–Trinajstić information content (AvgIpc) is 2.97. The number of carbonyl (C=O) groups is 3. The molecule has 2 fully saturated rings. The van der Waals surface area contributed by atoms with Crippen molar-refractivity contribution in [1.82, 2.24) is 14.7 Å². The molecule has 2 heterocycles. The molecule has 3 amide bonds. The number of para-hydroxylation sites is 1. The molecule has 1 aromatic rings. The lowest BCUT2D eigenvalue weighted by atomic mass is 9.85. The van der Waals surface area contributed by atoms with Gasteiger partial charge in [-0.2, -0.15) is 0 Å². The fraction of sp³-hybridized carbons (Fsp3) is 0.522. The number of hydrogen-bond donors (Lipinski definition) is 1. The van der Waals surface area contributed by atoms with Crippen molar-refractivity contribution in [1.29, 1.82) is 0 Å². The maximum atomic E-state index is 12.6. The predicted molar refractivity (Wildman–Crippen MR) is 115 cm³/mol. The Hall–Kier alpha value is -2.51. The third-order valence-electron chi connectivity index (χ3n) is 6.52. The molecule has 1 aromatic carbocycles. The number of aryl methyl sites for hydroxylation is 2. The van der Waals surface area contributed by atoms with E-state index in [4.69, 9.17) is 0 Å². The molecule has 0 bridgehead atoms. The van der Waals surface area contributed by atoms with Gasteiger partial charge >= 0.3 is 0 Å². The summed E-state index contributed by atoms with van der Waals surface area (Å²) in [5, 5.41) is 3.04. The number of amides is 3. The van der Waals surface area contributed by atoms with Gasteiger partial charge in [0.15, 0.2) is 0 Å². The lowest BCUT2D eigenvalue weighted by molar-refractivity contribution is -0.142. The molecule has 1 N–H and O–H groups in total. The Morgan fingerprint density at radius 2 is 1.47 bits per heavy atom. The largest absolute Gasteiger partial charge is 0.324 e. The summed E-state index contributed by atoms with van der Waals surface area (Å²) < 4.78 is 0. The van der Waals surface area contributed by atoms with Gasteiger partial charge in [-0.3, -0.25) is 29.1 Å². The highest BCUT2D eigenvalue weighted by molar-refractivity contribution is 6.05. The second kappa shape index (κ2) is 8.70. The number of benzene rings is 1. The minimum Gasteiger partial charge on any atom is -0.324 e. The van der Waals surface area contributed by atoms with Crippen LogP contribution in [-0.4, -0.2) is 71.8 Å². The lowest BCUT2D eigenvalue weighted by Crippen LogP contribution is -2.52. The van der Waals surface area contributed by atoms with Gasteiger partial charge in [-0.25, -0.2) is 0 Å². The predicted octanol–water partition coefficient (Wildman–Crippen LogP) is 1.77. The number of allylic oxidation sites excluding steroid dienone is 2. The van der Waals surface area contributed by atoms with Crippen molar-refractivity contribution >= 4 is 23.4 Å². The van der Waals surface area contributed by atoms with Gasteiger partial charge in [0.05, 0.1) is 25.0 Å². The summed E-state index contributed by atoms with van der Waals surface area (Å²) in [6.45, 7) is 7.66. The number of likely N-dealkylation sites (tertiary alicyclic amines) is 1. The first-order valence-electron chi connectivity index (χ1n) is 10.7. The number of piperazine rings is 1. The highest BCUT2D eigenvalue weighted by Crippen LogP contribution is 2.35. The van der Waals surface area contributed by atoms with Crippen LogP contribution in [0.25, 0.3) is 0 Å². The van der Waals surface area contributed by atoms with E-state index < -0.39 is 0 Å². The summed E-state index contributed by atoms with van der Waals surface area (Å²) in [6.07, 6.45) is 5.38. The van der Waals surface area contributed by atoms with Crippen LogP contribution in [0.2, 0.25) is 0 Å². The molecule has 2 atom stereocenters. The molecule has 1 aliphatic carbocycles. The van der Waals surface area contributed by atoms with Crippen LogP contribution in [-0.2, 0) is 14.4 Å². The number of anilines is 1. The SMILES string of the molecule is Cc1cccc(C)c1NC(=O)CN1CCN(CN2C(=O)[C@H]3CC=CC[C@@H]3C2=O)CC1. The van der Waals surface area contributed by atoms with Crippen molar-refractivity contribution in [3.63, 3.8) is 0 Å². The van der Waals surface area contributed by atoms with Crippen LogP contribution < -0.4 is 5.32 Å². The molecule has 7 nitrogen and oxygen atoms in total. The number of nitrogens with one attached hydrogen (secondary N) is 1. The van der Waals surface area contributed by atoms with E-state index in [0.717, 1.165) is 43.0 Å². The van der Waals surface area contributed by atoms with E-state index >= 15 is 0 Å². The Morgan fingerprint density at radius 3 is 2.03 bits per heavy atom. The molecular formula is C23H30N4O3. The highest BCUT2D eigenvalue weighted by atomic mass is 16.2. The Morgan fingerprint density at radius 1 is 0.933 bits per heavy atom. The van der Waals surface area contributed by atoms with E-state index in [9.17, 15) is 14.4 Å². The van der Waals surface area contributed by atoms with Gasteiger partial charge in [0.25, 0.3) is 0 Å². The first-order valence-corrected chi connectivity index (χ1v) is 10.7. The molecule has 0 spiro atoms. The summed E-state index contributed by atoms with van der Waals surface area (Å²) in [5.41, 5.74) is 3.01. The molecule has 4 rings (SSSR count). The van der Waals surface area contributed by atoms with Gasteiger partial charge in [0.2, 0.25) is 17.7 Å². The molecule has 7 heteroatoms. The van der Waals surface area contributed by atoms with Gasteiger partial charge in [0, 0.05) is 31.9 Å². The van der Waals surface area contributed by atoms with E-state index in [-0.39, 0.29) is 29.6 Å². The normalized spacial score (nSPS) is 24.9. The van der Waals surface area contributed by atoms with Crippen molar-refractivity contribution in [3.8, 4) is 0 Å². The number of fused-ring (bicyclic) bond motifs is 1. The molecule has 3 aliphatic rings. The van der Waals surface area contributed by atoms with Gasteiger partial charge in [-0.15, -0.1) is 0 Å². The van der Waals surface area contributed by atoms with Crippen LogP contribution in [0, 0.1) is 25.7 Å². The fourth-order valence-electron chi connectivity index (χ4n) is 4.69. The van der Waals surface area contributed by atoms with Crippen LogP contribution in [0.5, 0.6) is 0 Å². The molecule has 0 saturated carbocycles. The van der Waals surface area contributed by atoms with Gasteiger partial charge in [-0.05, 0) is 37.8 Å². The lowest BCUT2D eigenvalue weighted by Gasteiger charge is -2.35. The fourth-order valence-corrected chi connectivity index (χ4v) is 4.69. The van der Waals surface area contributed by atoms with E-state index in [1.807, 2.05) is 44.2 Å². The minimum atomic E-state index is -0.169. The summed E-state index contributed by atoms with van der Waals surface area (Å²) in [6, 6.07) is 5.98. The molecule has 0 radical (unpaired) electrons. The highest BCUT2D eigenvalue weighted by Gasteiger charge is 2.47. The standard InChI is InChI=1S/C23H30N4O3/c1-16-6-5-7-17(2)21(16)24-20(28)14-25-10-12-26(13-11-25)15-27-22(29)18-8-3-4-9-19(18)23(27)30/h3-7,18-19H,8-15H2,1-2H3,(H,24,28)/t18-,19-/m0/s1. The topological polar surface area (TPSA) is 73.0 Å². The van der Waals surface area contributed by atoms with Gasteiger partial charge in [0.1, 0.15) is 0 Å².